The highest BCUT2D eigenvalue weighted by atomic mass is 31.3. The Kier molecular flexibility index (Phi) is 7.10. The summed E-state index contributed by atoms with van der Waals surface area (Å²) in [4.78, 5) is 0. The molecule has 0 saturated carbocycles. The number of hydrogen-bond donors (Lipinski definition) is 0. The Morgan fingerprint density at radius 2 is 0.765 bits per heavy atom. The quantitative estimate of drug-likeness (QED) is 0.479. The lowest BCUT2D eigenvalue weighted by Crippen LogP contribution is -2.51. The topological polar surface area (TPSA) is 9.23 Å². The van der Waals surface area contributed by atoms with Crippen molar-refractivity contribution in [2.45, 2.75) is 77.6 Å². The molecule has 0 aliphatic heterocycles. The van der Waals surface area contributed by atoms with Crippen LogP contribution in [-0.2, 0) is 4.12 Å². The van der Waals surface area contributed by atoms with Crippen LogP contribution in [0.5, 0.6) is 0 Å². The van der Waals surface area contributed by atoms with E-state index in [1.807, 2.05) is 0 Å². The third-order valence-corrected chi connectivity index (χ3v) is 24.1. The van der Waals surface area contributed by atoms with Crippen LogP contribution in [0.25, 0.3) is 0 Å². The zero-order valence-electron chi connectivity index (χ0n) is 12.9. The molecule has 0 heterocycles. The van der Waals surface area contributed by atoms with Gasteiger partial charge in [-0.3, -0.25) is 0 Å². The van der Waals surface area contributed by atoms with E-state index < -0.39 is 16.0 Å². The molecular formula is C12H32OP2Si2. The van der Waals surface area contributed by atoms with Crippen molar-refractivity contribution >= 4 is 33.5 Å². The van der Waals surface area contributed by atoms with E-state index in [4.69, 9.17) is 4.12 Å². The van der Waals surface area contributed by atoms with Gasteiger partial charge in [-0.05, 0) is 22.2 Å². The summed E-state index contributed by atoms with van der Waals surface area (Å²) in [5, 5.41) is 0. The molecule has 0 aromatic carbocycles. The lowest BCUT2D eigenvalue weighted by molar-refractivity contribution is 0.501. The monoisotopic (exact) mass is 310 g/mol. The van der Waals surface area contributed by atoms with Crippen molar-refractivity contribution in [1.29, 1.82) is 0 Å². The zero-order chi connectivity index (χ0) is 14.0. The molecule has 2 unspecified atom stereocenters. The molecular weight excluding hydrogens is 278 g/mol. The molecule has 0 aliphatic rings. The molecule has 0 amide bonds. The van der Waals surface area contributed by atoms with Gasteiger partial charge in [0.2, 0.25) is 16.0 Å². The van der Waals surface area contributed by atoms with Crippen LogP contribution in [0, 0.1) is 0 Å². The van der Waals surface area contributed by atoms with E-state index in [9.17, 15) is 0 Å². The molecule has 0 fully saturated rings. The number of hydrogen-bond acceptors (Lipinski definition) is 1. The fourth-order valence-electron chi connectivity index (χ4n) is 2.11. The zero-order valence-corrected chi connectivity index (χ0v) is 17.2. The highest BCUT2D eigenvalue weighted by Gasteiger charge is 2.47. The largest absolute Gasteiger partial charge is 0.448 e. The summed E-state index contributed by atoms with van der Waals surface area (Å²) in [7, 11) is 2.86. The molecule has 5 heteroatoms. The Balaban J connectivity index is 5.22. The van der Waals surface area contributed by atoms with E-state index in [2.05, 4.69) is 73.0 Å². The minimum absolute atomic E-state index is 0.650. The van der Waals surface area contributed by atoms with Crippen molar-refractivity contribution in [2.75, 3.05) is 0 Å². The standard InChI is InChI=1S/C12H32OP2Si2/c1-9(2)16(14,10(3)4)13-17(15,11(5)6)12(7)8/h9-12H,14-15H2,1-8H3. The van der Waals surface area contributed by atoms with Gasteiger partial charge in [0, 0.05) is 0 Å². The second kappa shape index (κ2) is 6.61. The maximum Gasteiger partial charge on any atom is 0.205 e. The second-order valence-electron chi connectivity index (χ2n) is 6.43. The van der Waals surface area contributed by atoms with Crippen LogP contribution >= 0.6 is 17.6 Å². The van der Waals surface area contributed by atoms with Gasteiger partial charge in [-0.1, -0.05) is 55.4 Å². The van der Waals surface area contributed by atoms with Gasteiger partial charge in [-0.2, -0.15) is 0 Å². The van der Waals surface area contributed by atoms with E-state index >= 15 is 0 Å². The SMILES string of the molecule is CC(C)[Si](P)(O[Si](P)(C(C)C)C(C)C)C(C)C. The van der Waals surface area contributed by atoms with Gasteiger partial charge in [-0.15, -0.1) is 17.6 Å². The van der Waals surface area contributed by atoms with Gasteiger partial charge >= 0.3 is 0 Å². The first-order chi connectivity index (χ1) is 7.48. The molecule has 0 bridgehead atoms. The molecule has 17 heavy (non-hydrogen) atoms. The highest BCUT2D eigenvalue weighted by Crippen LogP contribution is 2.48. The summed E-state index contributed by atoms with van der Waals surface area (Å²) >= 11 is 0. The molecule has 0 N–H and O–H groups in total. The smallest absolute Gasteiger partial charge is 0.205 e. The van der Waals surface area contributed by atoms with Crippen molar-refractivity contribution in [3.05, 3.63) is 0 Å². The molecule has 2 atom stereocenters. The summed E-state index contributed by atoms with van der Waals surface area (Å²) in [5.41, 5.74) is 2.60. The Bertz CT molecular complexity index is 203. The third kappa shape index (κ3) is 4.11. The normalized spacial score (nSPS) is 14.5. The molecule has 0 radical (unpaired) electrons. The highest BCUT2D eigenvalue weighted by molar-refractivity contribution is 7.73. The first-order valence-corrected chi connectivity index (χ1v) is 14.5. The van der Waals surface area contributed by atoms with Crippen molar-refractivity contribution in [2.24, 2.45) is 0 Å². The Labute approximate surface area is 115 Å². The minimum atomic E-state index is -1.71. The fourth-order valence-corrected chi connectivity index (χ4v) is 15.9. The molecule has 0 spiro atoms. The second-order valence-corrected chi connectivity index (χ2v) is 20.7. The first kappa shape index (κ1) is 18.3. The lowest BCUT2D eigenvalue weighted by Gasteiger charge is -2.46. The Morgan fingerprint density at radius 3 is 0.882 bits per heavy atom. The van der Waals surface area contributed by atoms with Crippen LogP contribution in [0.2, 0.25) is 22.2 Å². The Morgan fingerprint density at radius 1 is 0.588 bits per heavy atom. The lowest BCUT2D eigenvalue weighted by atomic mass is 10.5. The molecule has 0 aromatic heterocycles. The third-order valence-electron chi connectivity index (χ3n) is 3.96. The summed E-state index contributed by atoms with van der Waals surface area (Å²) < 4.78 is 6.88. The van der Waals surface area contributed by atoms with E-state index in [1.165, 1.54) is 0 Å². The fraction of sp³-hybridized carbons (Fsp3) is 1.00. The van der Waals surface area contributed by atoms with Crippen LogP contribution < -0.4 is 0 Å². The van der Waals surface area contributed by atoms with Crippen molar-refractivity contribution in [3.63, 3.8) is 0 Å². The van der Waals surface area contributed by atoms with E-state index in [1.54, 1.807) is 0 Å². The average Bonchev–Trinajstić information content (AvgIpc) is 2.15. The molecule has 1 nitrogen and oxygen atoms in total. The van der Waals surface area contributed by atoms with E-state index in [0.29, 0.717) is 22.2 Å². The average molecular weight is 311 g/mol. The first-order valence-electron chi connectivity index (χ1n) is 6.76. The van der Waals surface area contributed by atoms with E-state index in [-0.39, 0.29) is 0 Å². The summed E-state index contributed by atoms with van der Waals surface area (Å²) in [6.07, 6.45) is 0. The predicted octanol–water partition coefficient (Wildman–Crippen LogP) is 5.28. The van der Waals surface area contributed by atoms with Crippen LogP contribution in [0.4, 0.5) is 0 Å². The molecule has 0 aromatic rings. The van der Waals surface area contributed by atoms with Crippen molar-refractivity contribution in [3.8, 4) is 0 Å². The number of rotatable bonds is 6. The van der Waals surface area contributed by atoms with Gasteiger partial charge in [0.25, 0.3) is 0 Å². The van der Waals surface area contributed by atoms with Crippen LogP contribution in [0.15, 0.2) is 0 Å². The minimum Gasteiger partial charge on any atom is -0.448 e. The summed E-state index contributed by atoms with van der Waals surface area (Å²) in [5.74, 6) is 0. The van der Waals surface area contributed by atoms with Gasteiger partial charge in [0.1, 0.15) is 0 Å². The Hall–Kier alpha value is 1.25. The van der Waals surface area contributed by atoms with Crippen LogP contribution in [0.3, 0.4) is 0 Å². The van der Waals surface area contributed by atoms with Crippen LogP contribution in [-0.4, -0.2) is 16.0 Å². The maximum absolute atomic E-state index is 6.88. The van der Waals surface area contributed by atoms with Gasteiger partial charge < -0.3 is 4.12 Å². The maximum atomic E-state index is 6.88. The molecule has 0 saturated heterocycles. The predicted molar refractivity (Wildman–Crippen MR) is 92.4 cm³/mol. The van der Waals surface area contributed by atoms with Crippen LogP contribution in [0.1, 0.15) is 55.4 Å². The van der Waals surface area contributed by atoms with Crippen molar-refractivity contribution < 1.29 is 4.12 Å². The summed E-state index contributed by atoms with van der Waals surface area (Å²) in [6.45, 7) is 18.6. The van der Waals surface area contributed by atoms with Gasteiger partial charge in [-0.25, -0.2) is 0 Å². The van der Waals surface area contributed by atoms with Gasteiger partial charge in [0.05, 0.1) is 0 Å². The van der Waals surface area contributed by atoms with Gasteiger partial charge in [0.15, 0.2) is 0 Å². The molecule has 0 aliphatic carbocycles. The van der Waals surface area contributed by atoms with Crippen molar-refractivity contribution in [1.82, 2.24) is 0 Å². The summed E-state index contributed by atoms with van der Waals surface area (Å²) in [6, 6.07) is 0. The molecule has 0 rings (SSSR count). The molecule has 104 valence electrons. The van der Waals surface area contributed by atoms with E-state index in [0.717, 1.165) is 0 Å².